The fourth-order valence-electron chi connectivity index (χ4n) is 3.12. The van der Waals surface area contributed by atoms with E-state index in [1.165, 1.54) is 5.56 Å². The van der Waals surface area contributed by atoms with Crippen LogP contribution in [0.1, 0.15) is 11.1 Å². The van der Waals surface area contributed by atoms with Crippen LogP contribution in [-0.4, -0.2) is 35.0 Å². The van der Waals surface area contributed by atoms with E-state index in [2.05, 4.69) is 39.4 Å². The van der Waals surface area contributed by atoms with Gasteiger partial charge in [0.05, 0.1) is 11.1 Å². The van der Waals surface area contributed by atoms with Crippen molar-refractivity contribution in [2.24, 2.45) is 0 Å². The summed E-state index contributed by atoms with van der Waals surface area (Å²) in [6.07, 6.45) is 0.919. The molecule has 1 aliphatic rings. The van der Waals surface area contributed by atoms with Crippen LogP contribution >= 0.6 is 11.8 Å². The molecule has 0 unspecified atom stereocenters. The second kappa shape index (κ2) is 5.45. The molecular weight excluding hydrogens is 308 g/mol. The highest BCUT2D eigenvalue weighted by molar-refractivity contribution is 7.98. The molecule has 0 amide bonds. The van der Waals surface area contributed by atoms with Crippen molar-refractivity contribution in [3.63, 3.8) is 0 Å². The Morgan fingerprint density at radius 1 is 1.13 bits per heavy atom. The van der Waals surface area contributed by atoms with Gasteiger partial charge in [0, 0.05) is 31.1 Å². The highest BCUT2D eigenvalue weighted by Gasteiger charge is 2.22. The maximum atomic E-state index is 12.1. The number of rotatable bonds is 2. The van der Waals surface area contributed by atoms with E-state index in [4.69, 9.17) is 4.98 Å². The Morgan fingerprint density at radius 2 is 1.91 bits per heavy atom. The summed E-state index contributed by atoms with van der Waals surface area (Å²) < 4.78 is 0. The van der Waals surface area contributed by atoms with Crippen molar-refractivity contribution >= 4 is 28.5 Å². The van der Waals surface area contributed by atoms with E-state index in [0.29, 0.717) is 5.65 Å². The van der Waals surface area contributed by atoms with Gasteiger partial charge >= 0.3 is 0 Å². The topological polar surface area (TPSA) is 64.8 Å². The second-order valence-corrected chi connectivity index (χ2v) is 7.07. The summed E-state index contributed by atoms with van der Waals surface area (Å²) in [5, 5.41) is 6.32. The molecule has 2 aromatic heterocycles. The van der Waals surface area contributed by atoms with E-state index >= 15 is 0 Å². The van der Waals surface area contributed by atoms with Crippen LogP contribution in [0.5, 0.6) is 0 Å². The minimum atomic E-state index is -0.0647. The van der Waals surface area contributed by atoms with Crippen LogP contribution in [0.4, 0.5) is 5.69 Å². The first-order valence-electron chi connectivity index (χ1n) is 7.63. The Hall–Kier alpha value is -2.21. The van der Waals surface area contributed by atoms with Crippen molar-refractivity contribution in [1.82, 2.24) is 15.2 Å². The number of hydrogen-bond acceptors (Lipinski definition) is 4. The summed E-state index contributed by atoms with van der Waals surface area (Å²) in [6.45, 7) is 0. The normalized spacial score (nSPS) is 14.0. The summed E-state index contributed by atoms with van der Waals surface area (Å²) in [4.78, 5) is 18.9. The monoisotopic (exact) mass is 326 g/mol. The SMILES string of the molecule is CN(C)c1ccc(-c2nc3[nH][nH]c(=O)c3c3c2CSCC3)cc1. The average Bonchev–Trinajstić information content (AvgIpc) is 2.95. The maximum Gasteiger partial charge on any atom is 0.273 e. The number of fused-ring (bicyclic) bond motifs is 3. The number of aryl methyl sites for hydroxylation is 1. The Morgan fingerprint density at radius 3 is 2.65 bits per heavy atom. The molecule has 118 valence electrons. The largest absolute Gasteiger partial charge is 0.378 e. The van der Waals surface area contributed by atoms with Gasteiger partial charge in [0.15, 0.2) is 5.65 Å². The zero-order valence-corrected chi connectivity index (χ0v) is 14.0. The summed E-state index contributed by atoms with van der Waals surface area (Å²) in [7, 11) is 4.06. The van der Waals surface area contributed by atoms with E-state index in [1.807, 2.05) is 25.9 Å². The van der Waals surface area contributed by atoms with Gasteiger partial charge in [-0.3, -0.25) is 15.0 Å². The standard InChI is InChI=1S/C17H18N4OS/c1-21(2)11-5-3-10(4-6-11)15-13-9-23-8-7-12(13)14-16(18-15)19-20-17(14)22/h3-6H,7-9H2,1-2H3,(H2,18,19,20,22). The first-order chi connectivity index (χ1) is 11.1. The van der Waals surface area contributed by atoms with Gasteiger partial charge in [0.25, 0.3) is 5.56 Å². The lowest BCUT2D eigenvalue weighted by molar-refractivity contribution is 1.06. The lowest BCUT2D eigenvalue weighted by atomic mass is 9.97. The fourth-order valence-corrected chi connectivity index (χ4v) is 4.13. The predicted octanol–water partition coefficient (Wildman–Crippen LogP) is 2.77. The van der Waals surface area contributed by atoms with Crippen molar-refractivity contribution in [1.29, 1.82) is 0 Å². The molecule has 0 saturated heterocycles. The fraction of sp³-hybridized carbons (Fsp3) is 0.294. The van der Waals surface area contributed by atoms with Crippen LogP contribution in [0.2, 0.25) is 0 Å². The number of thioether (sulfide) groups is 1. The smallest absolute Gasteiger partial charge is 0.273 e. The molecule has 6 heteroatoms. The highest BCUT2D eigenvalue weighted by Crippen LogP contribution is 2.35. The minimum Gasteiger partial charge on any atom is -0.378 e. The van der Waals surface area contributed by atoms with Gasteiger partial charge in [-0.15, -0.1) is 0 Å². The Balaban J connectivity index is 1.94. The van der Waals surface area contributed by atoms with E-state index in [0.717, 1.165) is 45.8 Å². The average molecular weight is 326 g/mol. The van der Waals surface area contributed by atoms with Crippen LogP contribution in [0.15, 0.2) is 29.1 Å². The van der Waals surface area contributed by atoms with E-state index in [-0.39, 0.29) is 5.56 Å². The molecule has 0 fully saturated rings. The molecule has 5 nitrogen and oxygen atoms in total. The van der Waals surface area contributed by atoms with Crippen LogP contribution < -0.4 is 10.5 Å². The number of hydrogen-bond donors (Lipinski definition) is 2. The molecule has 1 aromatic carbocycles. The zero-order chi connectivity index (χ0) is 16.0. The molecule has 2 N–H and O–H groups in total. The van der Waals surface area contributed by atoms with Gasteiger partial charge in [-0.1, -0.05) is 12.1 Å². The summed E-state index contributed by atoms with van der Waals surface area (Å²) in [5.74, 6) is 1.96. The van der Waals surface area contributed by atoms with Gasteiger partial charge in [-0.25, -0.2) is 4.98 Å². The van der Waals surface area contributed by atoms with E-state index < -0.39 is 0 Å². The number of nitrogens with one attached hydrogen (secondary N) is 2. The van der Waals surface area contributed by atoms with Gasteiger partial charge in [-0.05, 0) is 35.4 Å². The Labute approximate surface area is 138 Å². The van der Waals surface area contributed by atoms with Gasteiger partial charge < -0.3 is 4.90 Å². The molecule has 3 heterocycles. The molecule has 0 saturated carbocycles. The van der Waals surface area contributed by atoms with Gasteiger partial charge in [0.2, 0.25) is 0 Å². The number of pyridine rings is 1. The molecule has 1 aliphatic heterocycles. The van der Waals surface area contributed by atoms with Crippen LogP contribution in [0.3, 0.4) is 0 Å². The summed E-state index contributed by atoms with van der Waals surface area (Å²) in [5.41, 5.74) is 6.20. The van der Waals surface area contributed by atoms with Gasteiger partial charge in [-0.2, -0.15) is 11.8 Å². The van der Waals surface area contributed by atoms with E-state index in [9.17, 15) is 4.79 Å². The summed E-state index contributed by atoms with van der Waals surface area (Å²) >= 11 is 1.90. The third-order valence-electron chi connectivity index (χ3n) is 4.33. The zero-order valence-electron chi connectivity index (χ0n) is 13.1. The van der Waals surface area contributed by atoms with E-state index in [1.54, 1.807) is 0 Å². The van der Waals surface area contributed by atoms with Crippen LogP contribution in [0.25, 0.3) is 22.3 Å². The van der Waals surface area contributed by atoms with Crippen molar-refractivity contribution in [2.45, 2.75) is 12.2 Å². The van der Waals surface area contributed by atoms with Crippen molar-refractivity contribution < 1.29 is 0 Å². The molecule has 3 aromatic rings. The van der Waals surface area contributed by atoms with Gasteiger partial charge in [0.1, 0.15) is 0 Å². The lowest BCUT2D eigenvalue weighted by Crippen LogP contribution is -2.11. The van der Waals surface area contributed by atoms with Crippen molar-refractivity contribution in [3.05, 3.63) is 45.7 Å². The molecule has 0 spiro atoms. The maximum absolute atomic E-state index is 12.1. The molecule has 0 atom stereocenters. The molecule has 0 bridgehead atoms. The predicted molar refractivity (Wildman–Crippen MR) is 96.3 cm³/mol. The molecular formula is C17H18N4OS. The minimum absolute atomic E-state index is 0.0647. The third-order valence-corrected chi connectivity index (χ3v) is 5.32. The van der Waals surface area contributed by atoms with Crippen LogP contribution in [0, 0.1) is 0 Å². The number of anilines is 1. The number of aromatic amines is 2. The number of aromatic nitrogens is 3. The molecule has 0 aliphatic carbocycles. The quantitative estimate of drug-likeness (QED) is 0.760. The number of benzene rings is 1. The molecule has 0 radical (unpaired) electrons. The Bertz CT molecular complexity index is 924. The first-order valence-corrected chi connectivity index (χ1v) is 8.78. The number of nitrogens with zero attached hydrogens (tertiary/aromatic N) is 2. The lowest BCUT2D eigenvalue weighted by Gasteiger charge is -2.19. The summed E-state index contributed by atoms with van der Waals surface area (Å²) in [6, 6.07) is 8.41. The number of H-pyrrole nitrogens is 2. The van der Waals surface area contributed by atoms with Crippen LogP contribution in [-0.2, 0) is 12.2 Å². The highest BCUT2D eigenvalue weighted by atomic mass is 32.2. The first kappa shape index (κ1) is 14.4. The Kier molecular flexibility index (Phi) is 3.41. The third kappa shape index (κ3) is 2.34. The van der Waals surface area contributed by atoms with Crippen molar-refractivity contribution in [2.75, 3.05) is 24.7 Å². The second-order valence-electron chi connectivity index (χ2n) is 5.96. The molecule has 4 rings (SSSR count). The van der Waals surface area contributed by atoms with Crippen molar-refractivity contribution in [3.8, 4) is 11.3 Å². The molecule has 23 heavy (non-hydrogen) atoms.